The fourth-order valence-electron chi connectivity index (χ4n) is 4.79. The van der Waals surface area contributed by atoms with Crippen molar-refractivity contribution >= 4 is 34.8 Å². The number of methoxy groups -OCH3 is 2. The smallest absolute Gasteiger partial charge is 0.338 e. The van der Waals surface area contributed by atoms with Crippen LogP contribution in [0.25, 0.3) is 0 Å². The third-order valence-corrected chi connectivity index (χ3v) is 7.43. The second-order valence-corrected chi connectivity index (χ2v) is 9.61. The number of hydrogen-bond donors (Lipinski definition) is 0. The molecule has 1 amide bonds. The number of ether oxygens (including phenoxy) is 3. The monoisotopic (exact) mass is 513 g/mol. The number of aliphatic imine (C=N–C) groups is 1. The first-order valence-corrected chi connectivity index (χ1v) is 12.9. The second-order valence-electron chi connectivity index (χ2n) is 8.77. The van der Waals surface area contributed by atoms with Gasteiger partial charge in [0.05, 0.1) is 50.5 Å². The molecule has 36 heavy (non-hydrogen) atoms. The number of carbonyl (C=O) groups excluding carboxylic acids is 3. The summed E-state index contributed by atoms with van der Waals surface area (Å²) in [6, 6.07) is 6.97. The zero-order chi connectivity index (χ0) is 25.8. The maximum absolute atomic E-state index is 13.4. The molecule has 3 heterocycles. The van der Waals surface area contributed by atoms with Crippen molar-refractivity contribution in [2.75, 3.05) is 33.9 Å². The summed E-state index contributed by atoms with van der Waals surface area (Å²) in [5, 5.41) is 2.60. The number of thioether (sulfide) groups is 1. The van der Waals surface area contributed by atoms with Gasteiger partial charge in [-0.2, -0.15) is 0 Å². The van der Waals surface area contributed by atoms with Crippen molar-refractivity contribution in [3.05, 3.63) is 52.2 Å². The van der Waals surface area contributed by atoms with Gasteiger partial charge in [0, 0.05) is 18.8 Å². The largest absolute Gasteiger partial charge is 0.497 e. The Morgan fingerprint density at radius 3 is 2.75 bits per heavy atom. The molecule has 4 rings (SSSR count). The van der Waals surface area contributed by atoms with Crippen LogP contribution in [0, 0.1) is 5.92 Å². The second kappa shape index (κ2) is 11.2. The van der Waals surface area contributed by atoms with Crippen molar-refractivity contribution < 1.29 is 28.6 Å². The highest BCUT2D eigenvalue weighted by Crippen LogP contribution is 2.45. The van der Waals surface area contributed by atoms with Gasteiger partial charge in [-0.3, -0.25) is 9.59 Å². The number of benzene rings is 1. The Hall–Kier alpha value is -3.27. The molecule has 0 unspecified atom stereocenters. The average Bonchev–Trinajstić information content (AvgIpc) is 3.29. The molecule has 1 aromatic carbocycles. The molecule has 0 radical (unpaired) electrons. The summed E-state index contributed by atoms with van der Waals surface area (Å²) in [5.74, 6) is -0.447. The number of esters is 2. The highest BCUT2D eigenvalue weighted by Gasteiger charge is 2.41. The highest BCUT2D eigenvalue weighted by molar-refractivity contribution is 8.16. The Morgan fingerprint density at radius 2 is 2.03 bits per heavy atom. The molecule has 0 aliphatic carbocycles. The molecule has 3 aliphatic heterocycles. The molecular weight excluding hydrogens is 482 g/mol. The van der Waals surface area contributed by atoms with Crippen LogP contribution in [0.1, 0.15) is 44.7 Å². The molecule has 0 saturated carbocycles. The van der Waals surface area contributed by atoms with Crippen LogP contribution in [0.5, 0.6) is 5.75 Å². The van der Waals surface area contributed by atoms with E-state index in [4.69, 9.17) is 14.2 Å². The highest BCUT2D eigenvalue weighted by atomic mass is 32.2. The van der Waals surface area contributed by atoms with Crippen molar-refractivity contribution in [2.24, 2.45) is 10.9 Å². The van der Waals surface area contributed by atoms with Crippen LogP contribution in [0.4, 0.5) is 0 Å². The zero-order valence-electron chi connectivity index (χ0n) is 21.0. The summed E-state index contributed by atoms with van der Waals surface area (Å²) in [6.07, 6.45) is 1.59. The summed E-state index contributed by atoms with van der Waals surface area (Å²) < 4.78 is 15.7. The number of fused-ring (bicyclic) bond motifs is 1. The maximum Gasteiger partial charge on any atom is 0.338 e. The summed E-state index contributed by atoms with van der Waals surface area (Å²) in [4.78, 5) is 46.8. The number of likely N-dealkylation sites (tertiary alicyclic amines) is 1. The first-order valence-electron chi connectivity index (χ1n) is 12.0. The van der Waals surface area contributed by atoms with Crippen LogP contribution in [-0.4, -0.2) is 66.7 Å². The van der Waals surface area contributed by atoms with Crippen molar-refractivity contribution in [1.29, 1.82) is 0 Å². The molecule has 1 saturated heterocycles. The van der Waals surface area contributed by atoms with Crippen molar-refractivity contribution in [3.63, 3.8) is 0 Å². The Labute approximate surface area is 215 Å². The van der Waals surface area contributed by atoms with Crippen LogP contribution in [0.15, 0.2) is 51.6 Å². The Bertz CT molecular complexity index is 1140. The molecule has 192 valence electrons. The predicted octanol–water partition coefficient (Wildman–Crippen LogP) is 3.63. The van der Waals surface area contributed by atoms with Gasteiger partial charge in [0.25, 0.3) is 0 Å². The quantitative estimate of drug-likeness (QED) is 0.510. The summed E-state index contributed by atoms with van der Waals surface area (Å²) in [5.41, 5.74) is 2.55. The van der Waals surface area contributed by atoms with E-state index in [1.165, 1.54) is 18.9 Å². The average molecular weight is 514 g/mol. The van der Waals surface area contributed by atoms with Crippen LogP contribution in [0.2, 0.25) is 0 Å². The molecule has 1 fully saturated rings. The van der Waals surface area contributed by atoms with Crippen LogP contribution >= 0.6 is 11.8 Å². The van der Waals surface area contributed by atoms with E-state index in [1.54, 1.807) is 25.9 Å². The predicted molar refractivity (Wildman–Crippen MR) is 136 cm³/mol. The third kappa shape index (κ3) is 5.13. The molecule has 3 aliphatic rings. The Morgan fingerprint density at radius 1 is 1.22 bits per heavy atom. The normalized spacial score (nSPS) is 21.4. The molecule has 1 aromatic rings. The molecular formula is C26H31N3O6S. The number of piperidine rings is 1. The Kier molecular flexibility index (Phi) is 8.03. The Balaban J connectivity index is 1.61. The number of allylic oxidation sites excluding steroid dienone is 1. The van der Waals surface area contributed by atoms with Gasteiger partial charge >= 0.3 is 11.9 Å². The molecule has 10 heteroatoms. The van der Waals surface area contributed by atoms with Gasteiger partial charge in [-0.05, 0) is 49.8 Å². The maximum atomic E-state index is 13.4. The van der Waals surface area contributed by atoms with Crippen molar-refractivity contribution in [2.45, 2.75) is 39.2 Å². The van der Waals surface area contributed by atoms with Gasteiger partial charge in [-0.1, -0.05) is 23.9 Å². The van der Waals surface area contributed by atoms with E-state index in [0.29, 0.717) is 48.3 Å². The van der Waals surface area contributed by atoms with Gasteiger partial charge in [-0.15, -0.1) is 0 Å². The first-order chi connectivity index (χ1) is 17.4. The summed E-state index contributed by atoms with van der Waals surface area (Å²) in [7, 11) is 2.94. The van der Waals surface area contributed by atoms with E-state index in [2.05, 4.69) is 4.99 Å². The topological polar surface area (TPSA) is 97.7 Å². The number of amides is 1. The van der Waals surface area contributed by atoms with Crippen LogP contribution in [-0.2, 0) is 23.9 Å². The number of hydrogen-bond acceptors (Lipinski definition) is 9. The van der Waals surface area contributed by atoms with Crippen LogP contribution in [0.3, 0.4) is 0 Å². The molecule has 0 N–H and O–H groups in total. The fraction of sp³-hybridized carbons (Fsp3) is 0.462. The number of nitrogens with zero attached hydrogens (tertiary/aromatic N) is 3. The first kappa shape index (κ1) is 25.8. The van der Waals surface area contributed by atoms with Gasteiger partial charge < -0.3 is 24.0 Å². The number of amidine groups is 1. The third-order valence-electron chi connectivity index (χ3n) is 6.54. The van der Waals surface area contributed by atoms with Crippen molar-refractivity contribution in [3.8, 4) is 5.75 Å². The van der Waals surface area contributed by atoms with E-state index in [-0.39, 0.29) is 24.2 Å². The summed E-state index contributed by atoms with van der Waals surface area (Å²) in [6.45, 7) is 4.85. The minimum Gasteiger partial charge on any atom is -0.497 e. The van der Waals surface area contributed by atoms with Gasteiger partial charge in [0.2, 0.25) is 5.91 Å². The van der Waals surface area contributed by atoms with E-state index in [0.717, 1.165) is 17.7 Å². The van der Waals surface area contributed by atoms with E-state index >= 15 is 0 Å². The molecule has 0 bridgehead atoms. The van der Waals surface area contributed by atoms with Crippen LogP contribution < -0.4 is 4.74 Å². The van der Waals surface area contributed by atoms with E-state index in [1.807, 2.05) is 34.6 Å². The lowest BCUT2D eigenvalue weighted by atomic mass is 9.93. The SMILES string of the molecule is CCOC(=O)[C@H]1CCCN(C(=O)CC2=CSC3=NC(C)=C(C(=O)OC)[C@@H](c4cccc(OC)c4)N23)C1. The fourth-order valence-corrected chi connectivity index (χ4v) is 5.75. The molecule has 9 nitrogen and oxygen atoms in total. The lowest BCUT2D eigenvalue weighted by Gasteiger charge is -2.37. The molecule has 0 spiro atoms. The lowest BCUT2D eigenvalue weighted by Crippen LogP contribution is -2.44. The van der Waals surface area contributed by atoms with Crippen molar-refractivity contribution in [1.82, 2.24) is 9.80 Å². The number of rotatable bonds is 7. The number of carbonyl (C=O) groups is 3. The van der Waals surface area contributed by atoms with Gasteiger partial charge in [0.1, 0.15) is 5.75 Å². The zero-order valence-corrected chi connectivity index (χ0v) is 21.8. The van der Waals surface area contributed by atoms with Gasteiger partial charge in [-0.25, -0.2) is 9.79 Å². The molecule has 2 atom stereocenters. The lowest BCUT2D eigenvalue weighted by molar-refractivity contribution is -0.151. The molecule has 0 aromatic heterocycles. The standard InChI is InChI=1S/C26H31N3O6S/c1-5-35-24(31)18-9-7-11-28(14-18)21(30)13-19-15-36-26-27-16(2)22(25(32)34-4)23(29(19)26)17-8-6-10-20(12-17)33-3/h6,8,10,12,15,18,23H,5,7,9,11,13-14H2,1-4H3/t18-,23+/m0/s1. The van der Waals surface area contributed by atoms with E-state index in [9.17, 15) is 14.4 Å². The minimum atomic E-state index is -0.525. The van der Waals surface area contributed by atoms with Gasteiger partial charge in [0.15, 0.2) is 5.17 Å². The summed E-state index contributed by atoms with van der Waals surface area (Å²) >= 11 is 1.42. The minimum absolute atomic E-state index is 0.0765. The van der Waals surface area contributed by atoms with E-state index < -0.39 is 12.0 Å².